The molecule has 0 aromatic carbocycles. The average Bonchev–Trinajstić information content (AvgIpc) is 3.04. The number of rotatable bonds is 6. The first-order chi connectivity index (χ1) is 12.0. The second kappa shape index (κ2) is 7.89. The molecule has 6 heteroatoms. The number of fused-ring (bicyclic) bond motifs is 1. The second-order valence-electron chi connectivity index (χ2n) is 7.61. The van der Waals surface area contributed by atoms with Crippen molar-refractivity contribution in [3.05, 3.63) is 23.7 Å². The van der Waals surface area contributed by atoms with Crippen LogP contribution in [0.4, 0.5) is 0 Å². The van der Waals surface area contributed by atoms with Gasteiger partial charge in [-0.25, -0.2) is 0 Å². The largest absolute Gasteiger partial charge is 0.456 e. The Morgan fingerprint density at radius 3 is 3.00 bits per heavy atom. The summed E-state index contributed by atoms with van der Waals surface area (Å²) in [5.41, 5.74) is -0.0971. The van der Waals surface area contributed by atoms with Crippen LogP contribution in [0, 0.1) is 12.3 Å². The summed E-state index contributed by atoms with van der Waals surface area (Å²) in [6, 6.07) is 3.60. The minimum Gasteiger partial charge on any atom is -0.456 e. The number of carbonyl (C=O) groups excluding carboxylic acids is 1. The summed E-state index contributed by atoms with van der Waals surface area (Å²) in [4.78, 5) is 16.8. The minimum atomic E-state index is -0.0971. The maximum Gasteiger partial charge on any atom is 0.289 e. The zero-order valence-electron chi connectivity index (χ0n) is 15.6. The van der Waals surface area contributed by atoms with E-state index in [2.05, 4.69) is 4.90 Å². The fraction of sp³-hybridized carbons (Fsp3) is 0.737. The first-order valence-electron chi connectivity index (χ1n) is 9.20. The number of hydrogen-bond acceptors (Lipinski definition) is 5. The number of hydrogen-bond donors (Lipinski definition) is 0. The molecule has 0 unspecified atom stereocenters. The van der Waals surface area contributed by atoms with Gasteiger partial charge in [-0.05, 0) is 52.4 Å². The van der Waals surface area contributed by atoms with Crippen LogP contribution >= 0.6 is 0 Å². The Hall–Kier alpha value is -1.37. The topological polar surface area (TPSA) is 55.2 Å². The zero-order chi connectivity index (χ0) is 17.9. The van der Waals surface area contributed by atoms with Crippen molar-refractivity contribution in [3.8, 4) is 0 Å². The summed E-state index contributed by atoms with van der Waals surface area (Å²) in [7, 11) is 4.08. The van der Waals surface area contributed by atoms with E-state index in [1.54, 1.807) is 6.07 Å². The van der Waals surface area contributed by atoms with Crippen LogP contribution in [0.5, 0.6) is 0 Å². The average molecular weight is 350 g/mol. The van der Waals surface area contributed by atoms with Gasteiger partial charge in [0.05, 0.1) is 19.3 Å². The van der Waals surface area contributed by atoms with Crippen LogP contribution < -0.4 is 0 Å². The van der Waals surface area contributed by atoms with E-state index in [1.165, 1.54) is 0 Å². The molecule has 0 radical (unpaired) electrons. The lowest BCUT2D eigenvalue weighted by molar-refractivity contribution is -0.147. The van der Waals surface area contributed by atoms with Crippen LogP contribution in [0.2, 0.25) is 0 Å². The first kappa shape index (κ1) is 18.4. The molecule has 6 nitrogen and oxygen atoms in total. The maximum atomic E-state index is 12.8. The van der Waals surface area contributed by atoms with Crippen molar-refractivity contribution in [1.29, 1.82) is 0 Å². The van der Waals surface area contributed by atoms with Gasteiger partial charge in [0, 0.05) is 31.7 Å². The van der Waals surface area contributed by atoms with Crippen LogP contribution in [0.15, 0.2) is 16.5 Å². The Labute approximate surface area is 150 Å². The van der Waals surface area contributed by atoms with Gasteiger partial charge in [0.2, 0.25) is 0 Å². The number of piperidine rings is 1. The summed E-state index contributed by atoms with van der Waals surface area (Å²) in [6.07, 6.45) is 3.11. The molecular weight excluding hydrogens is 320 g/mol. The van der Waals surface area contributed by atoms with E-state index in [0.717, 1.165) is 38.2 Å². The minimum absolute atomic E-state index is 0.0233. The van der Waals surface area contributed by atoms with Crippen LogP contribution in [-0.4, -0.2) is 75.4 Å². The highest BCUT2D eigenvalue weighted by Crippen LogP contribution is 2.40. The fourth-order valence-corrected chi connectivity index (χ4v) is 3.90. The molecule has 0 aliphatic carbocycles. The fourth-order valence-electron chi connectivity index (χ4n) is 3.90. The van der Waals surface area contributed by atoms with Crippen molar-refractivity contribution in [1.82, 2.24) is 9.80 Å². The monoisotopic (exact) mass is 350 g/mol. The molecule has 3 heterocycles. The van der Waals surface area contributed by atoms with E-state index in [9.17, 15) is 4.79 Å². The molecule has 0 bridgehead atoms. The summed E-state index contributed by atoms with van der Waals surface area (Å²) in [5.74, 6) is 1.17. The van der Waals surface area contributed by atoms with Gasteiger partial charge in [-0.3, -0.25) is 4.79 Å². The van der Waals surface area contributed by atoms with Crippen molar-refractivity contribution in [2.75, 3.05) is 53.6 Å². The zero-order valence-corrected chi connectivity index (χ0v) is 15.6. The highest BCUT2D eigenvalue weighted by atomic mass is 16.5. The lowest BCUT2D eigenvalue weighted by atomic mass is 9.73. The van der Waals surface area contributed by atoms with Gasteiger partial charge in [0.1, 0.15) is 5.76 Å². The molecular formula is C19H30N2O4. The lowest BCUT2D eigenvalue weighted by Gasteiger charge is -2.50. The number of furan rings is 1. The number of carbonyl (C=O) groups is 1. The second-order valence-corrected chi connectivity index (χ2v) is 7.61. The molecule has 140 valence electrons. The molecule has 2 fully saturated rings. The van der Waals surface area contributed by atoms with E-state index in [-0.39, 0.29) is 17.4 Å². The van der Waals surface area contributed by atoms with Crippen molar-refractivity contribution in [2.24, 2.45) is 5.41 Å². The van der Waals surface area contributed by atoms with Gasteiger partial charge >= 0.3 is 0 Å². The van der Waals surface area contributed by atoms with Crippen molar-refractivity contribution in [3.63, 3.8) is 0 Å². The highest BCUT2D eigenvalue weighted by Gasteiger charge is 2.47. The number of aryl methyl sites for hydroxylation is 1. The number of amides is 1. The predicted octanol–water partition coefficient (Wildman–Crippen LogP) is 2.18. The van der Waals surface area contributed by atoms with Gasteiger partial charge in [-0.15, -0.1) is 0 Å². The summed E-state index contributed by atoms with van der Waals surface area (Å²) < 4.78 is 17.6. The first-order valence-corrected chi connectivity index (χ1v) is 9.20. The van der Waals surface area contributed by atoms with E-state index in [1.807, 2.05) is 32.0 Å². The Morgan fingerprint density at radius 2 is 2.28 bits per heavy atom. The molecule has 1 aromatic heterocycles. The van der Waals surface area contributed by atoms with Gasteiger partial charge in [-0.1, -0.05) is 0 Å². The molecule has 2 aliphatic heterocycles. The predicted molar refractivity (Wildman–Crippen MR) is 94.7 cm³/mol. The van der Waals surface area contributed by atoms with E-state index >= 15 is 0 Å². The third kappa shape index (κ3) is 4.25. The summed E-state index contributed by atoms with van der Waals surface area (Å²) >= 11 is 0. The lowest BCUT2D eigenvalue weighted by Crippen LogP contribution is -2.58. The molecule has 2 atom stereocenters. The molecule has 1 aromatic rings. The van der Waals surface area contributed by atoms with Crippen molar-refractivity contribution in [2.45, 2.75) is 32.3 Å². The molecule has 0 N–H and O–H groups in total. The molecule has 25 heavy (non-hydrogen) atoms. The number of likely N-dealkylation sites (N-methyl/N-ethyl adjacent to an activating group) is 1. The van der Waals surface area contributed by atoms with Crippen LogP contribution in [0.1, 0.15) is 35.6 Å². The SMILES string of the molecule is Cc1ccc(C(=O)N2CC[C@H]3OCCC[C@]3(COCCN(C)C)C2)o1. The third-order valence-corrected chi connectivity index (χ3v) is 5.30. The van der Waals surface area contributed by atoms with Gasteiger partial charge in [0.25, 0.3) is 5.91 Å². The Kier molecular flexibility index (Phi) is 5.81. The van der Waals surface area contributed by atoms with Crippen LogP contribution in [0.25, 0.3) is 0 Å². The van der Waals surface area contributed by atoms with Crippen molar-refractivity contribution < 1.29 is 18.7 Å². The Bertz CT molecular complexity index is 586. The summed E-state index contributed by atoms with van der Waals surface area (Å²) in [6.45, 7) is 6.31. The van der Waals surface area contributed by atoms with E-state index in [0.29, 0.717) is 32.1 Å². The highest BCUT2D eigenvalue weighted by molar-refractivity contribution is 5.91. The Morgan fingerprint density at radius 1 is 1.44 bits per heavy atom. The van der Waals surface area contributed by atoms with E-state index in [4.69, 9.17) is 13.9 Å². The number of ether oxygens (including phenoxy) is 2. The van der Waals surface area contributed by atoms with Crippen LogP contribution in [-0.2, 0) is 9.47 Å². The number of likely N-dealkylation sites (tertiary alicyclic amines) is 1. The summed E-state index contributed by atoms with van der Waals surface area (Å²) in [5, 5.41) is 0. The molecule has 2 saturated heterocycles. The van der Waals surface area contributed by atoms with Gasteiger partial charge in [-0.2, -0.15) is 0 Å². The Balaban J connectivity index is 1.67. The third-order valence-electron chi connectivity index (χ3n) is 5.30. The number of nitrogens with zero attached hydrogens (tertiary/aromatic N) is 2. The molecule has 3 rings (SSSR count). The normalized spacial score (nSPS) is 26.7. The van der Waals surface area contributed by atoms with Crippen LogP contribution in [0.3, 0.4) is 0 Å². The standard InChI is InChI=1S/C19H30N2O4/c1-15-5-6-16(25-15)18(22)21-9-7-17-19(13-21,8-4-11-24-17)14-23-12-10-20(2)3/h5-6,17H,4,7-14H2,1-3H3/t17-,19-/m1/s1. The quantitative estimate of drug-likeness (QED) is 0.736. The van der Waals surface area contributed by atoms with Gasteiger partial charge in [0.15, 0.2) is 5.76 Å². The smallest absolute Gasteiger partial charge is 0.289 e. The molecule has 2 aliphatic rings. The van der Waals surface area contributed by atoms with E-state index < -0.39 is 0 Å². The van der Waals surface area contributed by atoms with Crippen molar-refractivity contribution >= 4 is 5.91 Å². The molecule has 0 spiro atoms. The van der Waals surface area contributed by atoms with Gasteiger partial charge < -0.3 is 23.7 Å². The molecule has 1 amide bonds. The maximum absolute atomic E-state index is 12.8. The molecule has 0 saturated carbocycles.